The van der Waals surface area contributed by atoms with Gasteiger partial charge in [-0.25, -0.2) is 0 Å². The summed E-state index contributed by atoms with van der Waals surface area (Å²) in [6.07, 6.45) is 7.33. The van der Waals surface area contributed by atoms with Gasteiger partial charge in [0.05, 0.1) is 0 Å². The number of hydrogen-bond donors (Lipinski definition) is 1. The lowest BCUT2D eigenvalue weighted by atomic mass is 9.90. The predicted octanol–water partition coefficient (Wildman–Crippen LogP) is 2.57. The molecule has 0 bridgehead atoms. The van der Waals surface area contributed by atoms with Gasteiger partial charge in [0, 0.05) is 12.6 Å². The first-order valence-electron chi connectivity index (χ1n) is 5.17. The number of oxime groups is 1. The van der Waals surface area contributed by atoms with Crippen molar-refractivity contribution in [3.8, 4) is 0 Å². The molecular formula is C12H15NO. The zero-order valence-electron chi connectivity index (χ0n) is 8.24. The summed E-state index contributed by atoms with van der Waals surface area (Å²) >= 11 is 0. The zero-order chi connectivity index (χ0) is 9.80. The van der Waals surface area contributed by atoms with Gasteiger partial charge in [-0.3, -0.25) is 0 Å². The fourth-order valence-electron chi connectivity index (χ4n) is 2.06. The molecule has 0 saturated heterocycles. The average molecular weight is 189 g/mol. The van der Waals surface area contributed by atoms with E-state index in [0.717, 1.165) is 6.42 Å². The van der Waals surface area contributed by atoms with Crippen LogP contribution in [0.3, 0.4) is 0 Å². The topological polar surface area (TPSA) is 32.6 Å². The third-order valence-corrected chi connectivity index (χ3v) is 2.82. The summed E-state index contributed by atoms with van der Waals surface area (Å²) in [4.78, 5) is 0. The molecule has 1 aliphatic rings. The van der Waals surface area contributed by atoms with Crippen molar-refractivity contribution in [2.75, 3.05) is 0 Å². The molecule has 0 amide bonds. The Morgan fingerprint density at radius 2 is 2.00 bits per heavy atom. The van der Waals surface area contributed by atoms with E-state index < -0.39 is 0 Å². The van der Waals surface area contributed by atoms with Crippen LogP contribution in [0.15, 0.2) is 23.4 Å². The molecule has 0 unspecified atom stereocenters. The molecule has 1 aromatic carbocycles. The molecule has 0 atom stereocenters. The third-order valence-electron chi connectivity index (χ3n) is 2.82. The Bertz CT molecular complexity index is 344. The van der Waals surface area contributed by atoms with Gasteiger partial charge in [-0.15, -0.1) is 5.16 Å². The van der Waals surface area contributed by atoms with Crippen molar-refractivity contribution in [1.29, 1.82) is 0 Å². The Labute approximate surface area is 84.3 Å². The van der Waals surface area contributed by atoms with E-state index in [-0.39, 0.29) is 0 Å². The molecule has 0 fully saturated rings. The van der Waals surface area contributed by atoms with Gasteiger partial charge in [0.1, 0.15) is 0 Å². The Hall–Kier alpha value is -1.31. The molecule has 2 heteroatoms. The number of hydrogen-bond acceptors (Lipinski definition) is 2. The van der Waals surface area contributed by atoms with Crippen molar-refractivity contribution in [2.45, 2.75) is 32.1 Å². The van der Waals surface area contributed by atoms with E-state index in [4.69, 9.17) is 5.21 Å². The minimum absolute atomic E-state index is 0.726. The van der Waals surface area contributed by atoms with Gasteiger partial charge in [-0.2, -0.15) is 0 Å². The molecule has 0 saturated carbocycles. The molecule has 2 nitrogen and oxygen atoms in total. The van der Waals surface area contributed by atoms with Gasteiger partial charge in [-0.1, -0.05) is 18.2 Å². The lowest BCUT2D eigenvalue weighted by Crippen LogP contribution is -2.03. The second kappa shape index (κ2) is 4.27. The van der Waals surface area contributed by atoms with Crippen LogP contribution in [0.25, 0.3) is 0 Å². The summed E-state index contributed by atoms with van der Waals surface area (Å²) in [5.74, 6) is 0. The number of benzene rings is 1. The van der Waals surface area contributed by atoms with Crippen LogP contribution in [0.4, 0.5) is 0 Å². The monoisotopic (exact) mass is 189 g/mol. The molecule has 0 aromatic heterocycles. The molecule has 0 heterocycles. The Kier molecular flexibility index (Phi) is 2.82. The van der Waals surface area contributed by atoms with Crippen molar-refractivity contribution < 1.29 is 5.21 Å². The number of rotatable bonds is 2. The molecule has 0 radical (unpaired) electrons. The highest BCUT2D eigenvalue weighted by Gasteiger charge is 2.08. The van der Waals surface area contributed by atoms with Crippen molar-refractivity contribution in [3.05, 3.63) is 34.9 Å². The van der Waals surface area contributed by atoms with Crippen LogP contribution in [-0.4, -0.2) is 11.4 Å². The number of fused-ring (bicyclic) bond motifs is 1. The van der Waals surface area contributed by atoms with E-state index in [1.54, 1.807) is 0 Å². The van der Waals surface area contributed by atoms with Gasteiger partial charge in [0.25, 0.3) is 0 Å². The fourth-order valence-corrected chi connectivity index (χ4v) is 2.06. The van der Waals surface area contributed by atoms with E-state index in [1.807, 2.05) is 0 Å². The first-order valence-corrected chi connectivity index (χ1v) is 5.17. The number of nitrogens with zero attached hydrogens (tertiary/aromatic N) is 1. The fraction of sp³-hybridized carbons (Fsp3) is 0.417. The molecule has 1 aromatic rings. The summed E-state index contributed by atoms with van der Waals surface area (Å²) in [5.41, 5.74) is 4.23. The zero-order valence-corrected chi connectivity index (χ0v) is 8.24. The van der Waals surface area contributed by atoms with E-state index in [1.165, 1.54) is 48.6 Å². The maximum Gasteiger partial charge on any atom is 0.0479 e. The van der Waals surface area contributed by atoms with Crippen LogP contribution in [0.2, 0.25) is 0 Å². The summed E-state index contributed by atoms with van der Waals surface area (Å²) in [6, 6.07) is 6.59. The predicted molar refractivity (Wildman–Crippen MR) is 57.1 cm³/mol. The standard InChI is InChI=1S/C12H15NO/c14-13-8-7-10-5-6-11-3-1-2-4-12(11)9-10/h5-6,8-9,14H,1-4,7H2. The first kappa shape index (κ1) is 9.25. The highest BCUT2D eigenvalue weighted by molar-refractivity contribution is 5.61. The maximum absolute atomic E-state index is 8.34. The molecule has 0 spiro atoms. The summed E-state index contributed by atoms with van der Waals surface area (Å²) in [5, 5.41) is 11.4. The van der Waals surface area contributed by atoms with Gasteiger partial charge in [0.2, 0.25) is 0 Å². The second-order valence-corrected chi connectivity index (χ2v) is 3.81. The molecule has 2 rings (SSSR count). The van der Waals surface area contributed by atoms with Gasteiger partial charge in [-0.05, 0) is 42.4 Å². The van der Waals surface area contributed by atoms with Crippen LogP contribution in [0.1, 0.15) is 29.5 Å². The Morgan fingerprint density at radius 3 is 2.79 bits per heavy atom. The van der Waals surface area contributed by atoms with Crippen LogP contribution in [-0.2, 0) is 19.3 Å². The molecule has 1 aliphatic carbocycles. The molecule has 74 valence electrons. The quantitative estimate of drug-likeness (QED) is 0.433. The highest BCUT2D eigenvalue weighted by atomic mass is 16.4. The summed E-state index contributed by atoms with van der Waals surface area (Å²) in [7, 11) is 0. The summed E-state index contributed by atoms with van der Waals surface area (Å²) in [6.45, 7) is 0. The SMILES string of the molecule is ON=CCc1ccc2c(c1)CCCC2. The normalized spacial score (nSPS) is 15.7. The largest absolute Gasteiger partial charge is 0.411 e. The number of aryl methyl sites for hydroxylation is 2. The molecule has 1 N–H and O–H groups in total. The van der Waals surface area contributed by atoms with E-state index in [0.29, 0.717) is 0 Å². The van der Waals surface area contributed by atoms with Crippen LogP contribution in [0.5, 0.6) is 0 Å². The minimum Gasteiger partial charge on any atom is -0.411 e. The first-order chi connectivity index (χ1) is 6.90. The average Bonchev–Trinajstić information content (AvgIpc) is 2.26. The second-order valence-electron chi connectivity index (χ2n) is 3.81. The van der Waals surface area contributed by atoms with Crippen molar-refractivity contribution in [2.24, 2.45) is 5.16 Å². The van der Waals surface area contributed by atoms with Crippen molar-refractivity contribution in [1.82, 2.24) is 0 Å². The van der Waals surface area contributed by atoms with Crippen molar-refractivity contribution >= 4 is 6.21 Å². The highest BCUT2D eigenvalue weighted by Crippen LogP contribution is 2.22. The van der Waals surface area contributed by atoms with Gasteiger partial charge >= 0.3 is 0 Å². The van der Waals surface area contributed by atoms with Crippen molar-refractivity contribution in [3.63, 3.8) is 0 Å². The van der Waals surface area contributed by atoms with E-state index >= 15 is 0 Å². The van der Waals surface area contributed by atoms with Crippen LogP contribution < -0.4 is 0 Å². The maximum atomic E-state index is 8.34. The summed E-state index contributed by atoms with van der Waals surface area (Å²) < 4.78 is 0. The van der Waals surface area contributed by atoms with Gasteiger partial charge in [0.15, 0.2) is 0 Å². The molecule has 14 heavy (non-hydrogen) atoms. The molecular weight excluding hydrogens is 174 g/mol. The smallest absolute Gasteiger partial charge is 0.0479 e. The lowest BCUT2D eigenvalue weighted by Gasteiger charge is -2.15. The minimum atomic E-state index is 0.726. The molecule has 0 aliphatic heterocycles. The van der Waals surface area contributed by atoms with Crippen LogP contribution in [0, 0.1) is 0 Å². The van der Waals surface area contributed by atoms with Gasteiger partial charge < -0.3 is 5.21 Å². The lowest BCUT2D eigenvalue weighted by molar-refractivity contribution is 0.321. The third kappa shape index (κ3) is 1.95. The Balaban J connectivity index is 2.20. The Morgan fingerprint density at radius 1 is 1.21 bits per heavy atom. The van der Waals surface area contributed by atoms with E-state index in [9.17, 15) is 0 Å². The van der Waals surface area contributed by atoms with Crippen LogP contribution >= 0.6 is 0 Å². The van der Waals surface area contributed by atoms with E-state index in [2.05, 4.69) is 23.4 Å².